The van der Waals surface area contributed by atoms with Crippen LogP contribution in [0.25, 0.3) is 10.9 Å². The van der Waals surface area contributed by atoms with Crippen LogP contribution in [-0.4, -0.2) is 29.4 Å². The molecule has 2 amide bonds. The number of carbonyl (C=O) groups excluding carboxylic acids is 2. The monoisotopic (exact) mass is 425 g/mol. The lowest BCUT2D eigenvalue weighted by Gasteiger charge is -2.16. The van der Waals surface area contributed by atoms with Gasteiger partial charge in [0.2, 0.25) is 5.91 Å². The molecule has 1 aliphatic rings. The molecule has 1 atom stereocenters. The zero-order valence-electron chi connectivity index (χ0n) is 17.5. The van der Waals surface area contributed by atoms with Crippen LogP contribution in [0.5, 0.6) is 11.5 Å². The average molecular weight is 425 g/mol. The predicted molar refractivity (Wildman–Crippen MR) is 124 cm³/mol. The van der Waals surface area contributed by atoms with Gasteiger partial charge < -0.3 is 15.0 Å². The first-order chi connectivity index (χ1) is 15.7. The number of rotatable bonds is 7. The molecule has 0 aliphatic carbocycles. The van der Waals surface area contributed by atoms with Crippen LogP contribution in [0, 0.1) is 0 Å². The molecule has 1 unspecified atom stereocenters. The number of carbonyl (C=O) groups is 2. The minimum atomic E-state index is -0.507. The number of aromatic nitrogens is 1. The first-order valence-electron chi connectivity index (χ1n) is 10.7. The van der Waals surface area contributed by atoms with Crippen LogP contribution in [0.2, 0.25) is 0 Å². The molecule has 0 bridgehead atoms. The fraction of sp³-hybridized carbons (Fsp3) is 0.154. The largest absolute Gasteiger partial charge is 0.457 e. The topological polar surface area (TPSA) is 74.4 Å². The van der Waals surface area contributed by atoms with Crippen molar-refractivity contribution in [3.05, 3.63) is 90.6 Å². The molecule has 1 aliphatic heterocycles. The molecule has 6 heteroatoms. The highest BCUT2D eigenvalue weighted by Gasteiger charge is 2.39. The predicted octanol–water partition coefficient (Wildman–Crippen LogP) is 4.42. The van der Waals surface area contributed by atoms with Gasteiger partial charge in [0, 0.05) is 23.6 Å². The van der Waals surface area contributed by atoms with Crippen molar-refractivity contribution in [3.8, 4) is 11.5 Å². The molecule has 0 saturated carbocycles. The second kappa shape index (κ2) is 8.69. The number of hydrogen-bond donors (Lipinski definition) is 2. The number of imide groups is 1. The van der Waals surface area contributed by atoms with Crippen molar-refractivity contribution in [1.29, 1.82) is 0 Å². The first-order valence-corrected chi connectivity index (χ1v) is 10.7. The number of fused-ring (bicyclic) bond motifs is 1. The lowest BCUT2D eigenvalue weighted by molar-refractivity contribution is -0.121. The molecule has 5 rings (SSSR count). The molecular formula is C26H23N3O3. The Morgan fingerprint density at radius 1 is 0.906 bits per heavy atom. The van der Waals surface area contributed by atoms with Gasteiger partial charge in [-0.3, -0.25) is 9.59 Å². The van der Waals surface area contributed by atoms with Gasteiger partial charge in [-0.2, -0.15) is 0 Å². The third-order valence-corrected chi connectivity index (χ3v) is 5.68. The minimum absolute atomic E-state index is 0.162. The van der Waals surface area contributed by atoms with Gasteiger partial charge in [-0.1, -0.05) is 36.4 Å². The molecule has 2 N–H and O–H groups in total. The van der Waals surface area contributed by atoms with Crippen LogP contribution < -0.4 is 15.0 Å². The number of anilines is 1. The van der Waals surface area contributed by atoms with E-state index in [2.05, 4.69) is 16.4 Å². The highest BCUT2D eigenvalue weighted by atomic mass is 16.5. The summed E-state index contributed by atoms with van der Waals surface area (Å²) in [4.78, 5) is 30.0. The second-order valence-electron chi connectivity index (χ2n) is 7.80. The highest BCUT2D eigenvalue weighted by Crippen LogP contribution is 2.27. The maximum atomic E-state index is 12.9. The van der Waals surface area contributed by atoms with Gasteiger partial charge in [0.25, 0.3) is 5.91 Å². The normalized spacial score (nSPS) is 16.1. The van der Waals surface area contributed by atoms with E-state index in [4.69, 9.17) is 4.74 Å². The molecule has 1 saturated heterocycles. The van der Waals surface area contributed by atoms with Crippen molar-refractivity contribution in [2.75, 3.05) is 11.4 Å². The van der Waals surface area contributed by atoms with E-state index in [0.717, 1.165) is 17.7 Å². The molecule has 1 aromatic heterocycles. The Kier molecular flexibility index (Phi) is 5.44. The van der Waals surface area contributed by atoms with E-state index in [1.807, 2.05) is 54.7 Å². The Labute approximate surface area is 185 Å². The molecule has 4 aromatic rings. The number of H-pyrrole nitrogens is 1. The highest BCUT2D eigenvalue weighted by molar-refractivity contribution is 6.22. The summed E-state index contributed by atoms with van der Waals surface area (Å²) in [6.45, 7) is 0.614. The van der Waals surface area contributed by atoms with Crippen molar-refractivity contribution >= 4 is 28.4 Å². The average Bonchev–Trinajstić information content (AvgIpc) is 3.35. The summed E-state index contributed by atoms with van der Waals surface area (Å²) in [5.41, 5.74) is 2.84. The van der Waals surface area contributed by atoms with Crippen LogP contribution in [-0.2, 0) is 16.0 Å². The van der Waals surface area contributed by atoms with E-state index in [0.29, 0.717) is 18.0 Å². The van der Waals surface area contributed by atoms with E-state index >= 15 is 0 Å². The number of benzene rings is 3. The number of hydrogen-bond acceptors (Lipinski definition) is 4. The van der Waals surface area contributed by atoms with E-state index in [1.165, 1.54) is 15.8 Å². The molecule has 2 heterocycles. The number of para-hydroxylation sites is 2. The zero-order valence-corrected chi connectivity index (χ0v) is 17.5. The van der Waals surface area contributed by atoms with Crippen molar-refractivity contribution in [2.24, 2.45) is 0 Å². The lowest BCUT2D eigenvalue weighted by atomic mass is 10.1. The Hall–Kier alpha value is -3.90. The fourth-order valence-corrected chi connectivity index (χ4v) is 4.07. The summed E-state index contributed by atoms with van der Waals surface area (Å²) in [5.74, 6) is 0.961. The van der Waals surface area contributed by atoms with Crippen LogP contribution in [0.15, 0.2) is 85.1 Å². The number of aromatic amines is 1. The maximum Gasteiger partial charge on any atom is 0.251 e. The summed E-state index contributed by atoms with van der Waals surface area (Å²) in [5, 5.41) is 4.44. The molecule has 0 spiro atoms. The van der Waals surface area contributed by atoms with Crippen molar-refractivity contribution in [2.45, 2.75) is 18.9 Å². The summed E-state index contributed by atoms with van der Waals surface area (Å²) in [7, 11) is 0. The minimum Gasteiger partial charge on any atom is -0.457 e. The van der Waals surface area contributed by atoms with Crippen LogP contribution in [0.4, 0.5) is 5.69 Å². The van der Waals surface area contributed by atoms with Gasteiger partial charge in [0.15, 0.2) is 0 Å². The van der Waals surface area contributed by atoms with Gasteiger partial charge in [-0.25, -0.2) is 4.90 Å². The van der Waals surface area contributed by atoms with Crippen molar-refractivity contribution in [1.82, 2.24) is 10.3 Å². The van der Waals surface area contributed by atoms with Crippen LogP contribution in [0.1, 0.15) is 12.0 Å². The van der Waals surface area contributed by atoms with E-state index in [1.54, 1.807) is 24.3 Å². The van der Waals surface area contributed by atoms with E-state index in [9.17, 15) is 9.59 Å². The molecule has 160 valence electrons. The molecule has 3 aromatic carbocycles. The van der Waals surface area contributed by atoms with E-state index in [-0.39, 0.29) is 18.2 Å². The third kappa shape index (κ3) is 4.00. The molecule has 6 nitrogen and oxygen atoms in total. The fourth-order valence-electron chi connectivity index (χ4n) is 4.07. The Morgan fingerprint density at radius 3 is 2.44 bits per heavy atom. The standard InChI is InChI=1S/C26H23N3O3/c30-25-16-24(27-15-14-18-17-28-23-9-5-4-8-22(18)23)26(31)29(25)19-10-12-21(13-11-19)32-20-6-2-1-3-7-20/h1-13,17,24,27-28H,14-16H2. The van der Waals surface area contributed by atoms with Crippen LogP contribution in [0.3, 0.4) is 0 Å². The van der Waals surface area contributed by atoms with Gasteiger partial charge in [0.05, 0.1) is 18.2 Å². The molecule has 1 fully saturated rings. The third-order valence-electron chi connectivity index (χ3n) is 5.68. The van der Waals surface area contributed by atoms with Crippen molar-refractivity contribution < 1.29 is 14.3 Å². The Bertz CT molecular complexity index is 1250. The first kappa shape index (κ1) is 20.0. The quantitative estimate of drug-likeness (QED) is 0.430. The van der Waals surface area contributed by atoms with Gasteiger partial charge in [-0.15, -0.1) is 0 Å². The Morgan fingerprint density at radius 2 is 1.62 bits per heavy atom. The maximum absolute atomic E-state index is 12.9. The molecular weight excluding hydrogens is 402 g/mol. The van der Waals surface area contributed by atoms with Gasteiger partial charge in [-0.05, 0) is 54.4 Å². The molecule has 0 radical (unpaired) electrons. The lowest BCUT2D eigenvalue weighted by Crippen LogP contribution is -2.39. The van der Waals surface area contributed by atoms with Crippen molar-refractivity contribution in [3.63, 3.8) is 0 Å². The molecule has 32 heavy (non-hydrogen) atoms. The van der Waals surface area contributed by atoms with Crippen LogP contribution >= 0.6 is 0 Å². The summed E-state index contributed by atoms with van der Waals surface area (Å²) >= 11 is 0. The van der Waals surface area contributed by atoms with Gasteiger partial charge >= 0.3 is 0 Å². The summed E-state index contributed by atoms with van der Waals surface area (Å²) in [6, 6.07) is 24.1. The zero-order chi connectivity index (χ0) is 21.9. The SMILES string of the molecule is O=C1CC(NCCc2c[nH]c3ccccc23)C(=O)N1c1ccc(Oc2ccccc2)cc1. The van der Waals surface area contributed by atoms with E-state index < -0.39 is 6.04 Å². The number of nitrogens with one attached hydrogen (secondary N) is 2. The summed E-state index contributed by atoms with van der Waals surface area (Å²) < 4.78 is 5.79. The summed E-state index contributed by atoms with van der Waals surface area (Å²) in [6.07, 6.45) is 2.93. The van der Waals surface area contributed by atoms with Gasteiger partial charge in [0.1, 0.15) is 11.5 Å². The number of amides is 2. The number of nitrogens with zero attached hydrogens (tertiary/aromatic N) is 1. The smallest absolute Gasteiger partial charge is 0.251 e. The number of ether oxygens (including phenoxy) is 1. The second-order valence-corrected chi connectivity index (χ2v) is 7.80. The Balaban J connectivity index is 1.21.